The van der Waals surface area contributed by atoms with Crippen molar-refractivity contribution in [3.63, 3.8) is 0 Å². The summed E-state index contributed by atoms with van der Waals surface area (Å²) in [5.41, 5.74) is 2.67. The van der Waals surface area contributed by atoms with E-state index >= 15 is 0 Å². The van der Waals surface area contributed by atoms with Gasteiger partial charge in [0.15, 0.2) is 6.61 Å². The first-order valence-electron chi connectivity index (χ1n) is 8.30. The highest BCUT2D eigenvalue weighted by Gasteiger charge is 2.16. The van der Waals surface area contributed by atoms with E-state index in [0.29, 0.717) is 5.92 Å². The van der Waals surface area contributed by atoms with Gasteiger partial charge in [-0.15, -0.1) is 0 Å². The van der Waals surface area contributed by atoms with E-state index in [1.165, 1.54) is 6.08 Å². The molecular weight excluding hydrogens is 320 g/mol. The first-order valence-corrected chi connectivity index (χ1v) is 8.30. The van der Waals surface area contributed by atoms with Gasteiger partial charge >= 0.3 is 11.9 Å². The number of aromatic nitrogens is 1. The smallest absolute Gasteiger partial charge is 0.349 e. The summed E-state index contributed by atoms with van der Waals surface area (Å²) in [6.07, 6.45) is 1.21. The second kappa shape index (κ2) is 9.07. The minimum absolute atomic E-state index is 0.151. The van der Waals surface area contributed by atoms with Gasteiger partial charge in [-0.2, -0.15) is 5.26 Å². The topological polar surface area (TPSA) is 81.3 Å². The number of carbonyl (C=O) groups excluding carboxylic acids is 2. The van der Waals surface area contributed by atoms with Crippen molar-refractivity contribution in [3.05, 3.63) is 28.6 Å². The molecule has 0 unspecified atom stereocenters. The van der Waals surface area contributed by atoms with Crippen LogP contribution < -0.4 is 0 Å². The normalized spacial score (nSPS) is 11.6. The summed E-state index contributed by atoms with van der Waals surface area (Å²) >= 11 is 0. The fourth-order valence-corrected chi connectivity index (χ4v) is 2.41. The van der Waals surface area contributed by atoms with E-state index in [1.807, 2.05) is 26.0 Å². The van der Waals surface area contributed by atoms with Gasteiger partial charge in [0.05, 0.1) is 6.10 Å². The first kappa shape index (κ1) is 20.5. The molecular formula is C19H26N2O4. The van der Waals surface area contributed by atoms with Crippen molar-refractivity contribution in [3.8, 4) is 6.07 Å². The third-order valence-corrected chi connectivity index (χ3v) is 3.49. The van der Waals surface area contributed by atoms with Gasteiger partial charge in [0.25, 0.3) is 0 Å². The summed E-state index contributed by atoms with van der Waals surface area (Å²) in [7, 11) is 0. The summed E-state index contributed by atoms with van der Waals surface area (Å²) in [4.78, 5) is 23.4. The highest BCUT2D eigenvalue weighted by molar-refractivity contribution is 5.98. The monoisotopic (exact) mass is 346 g/mol. The Hall–Kier alpha value is -2.55. The number of aryl methyl sites for hydroxylation is 1. The highest BCUT2D eigenvalue weighted by atomic mass is 16.6. The standard InChI is InChI=1S/C19H26N2O4/c1-12(2)10-21-14(5)7-16(15(21)6)8-17(9-20)19(23)24-11-18(22)25-13(3)4/h7-8,12-13H,10-11H2,1-6H3/b17-8+. The molecule has 0 aliphatic carbocycles. The van der Waals surface area contributed by atoms with Gasteiger partial charge in [-0.25, -0.2) is 9.59 Å². The Bertz CT molecular complexity index is 706. The molecule has 0 saturated heterocycles. The van der Waals surface area contributed by atoms with Crippen LogP contribution in [-0.4, -0.2) is 29.2 Å². The molecule has 0 aromatic carbocycles. The number of ether oxygens (including phenoxy) is 2. The molecule has 0 aliphatic rings. The minimum atomic E-state index is -0.836. The second-order valence-corrected chi connectivity index (χ2v) is 6.62. The average Bonchev–Trinajstić information content (AvgIpc) is 2.76. The number of nitrogens with zero attached hydrogens (tertiary/aromatic N) is 2. The van der Waals surface area contributed by atoms with Crippen molar-refractivity contribution in [1.29, 1.82) is 5.26 Å². The van der Waals surface area contributed by atoms with E-state index < -0.39 is 18.5 Å². The molecule has 1 heterocycles. The third-order valence-electron chi connectivity index (χ3n) is 3.49. The number of nitriles is 1. The van der Waals surface area contributed by atoms with Crippen LogP contribution in [0.15, 0.2) is 11.6 Å². The fraction of sp³-hybridized carbons (Fsp3) is 0.526. The summed E-state index contributed by atoms with van der Waals surface area (Å²) < 4.78 is 11.9. The van der Waals surface area contributed by atoms with Crippen molar-refractivity contribution in [2.75, 3.05) is 6.61 Å². The lowest BCUT2D eigenvalue weighted by atomic mass is 10.1. The summed E-state index contributed by atoms with van der Waals surface area (Å²) in [5, 5.41) is 9.24. The predicted octanol–water partition coefficient (Wildman–Crippen LogP) is 3.16. The van der Waals surface area contributed by atoms with Gasteiger partial charge in [0.2, 0.25) is 0 Å². The van der Waals surface area contributed by atoms with Crippen LogP contribution in [0.1, 0.15) is 44.6 Å². The first-order chi connectivity index (χ1) is 11.6. The molecule has 6 heteroatoms. The number of esters is 2. The number of hydrogen-bond acceptors (Lipinski definition) is 5. The van der Waals surface area contributed by atoms with Crippen LogP contribution in [-0.2, 0) is 25.6 Å². The zero-order valence-electron chi connectivity index (χ0n) is 15.8. The van der Waals surface area contributed by atoms with E-state index in [0.717, 1.165) is 23.5 Å². The SMILES string of the molecule is Cc1cc(/C=C(\C#N)C(=O)OCC(=O)OC(C)C)c(C)n1CC(C)C. The van der Waals surface area contributed by atoms with Gasteiger partial charge in [-0.1, -0.05) is 13.8 Å². The predicted molar refractivity (Wildman–Crippen MR) is 94.5 cm³/mol. The van der Waals surface area contributed by atoms with Gasteiger partial charge in [0, 0.05) is 17.9 Å². The molecule has 1 aromatic rings. The molecule has 0 amide bonds. The molecule has 0 radical (unpaired) electrons. The van der Waals surface area contributed by atoms with Crippen LogP contribution in [0.5, 0.6) is 0 Å². The molecule has 0 bridgehead atoms. The Balaban J connectivity index is 2.91. The molecule has 136 valence electrons. The van der Waals surface area contributed by atoms with Crippen molar-refractivity contribution >= 4 is 18.0 Å². The number of carbonyl (C=O) groups is 2. The van der Waals surface area contributed by atoms with E-state index in [4.69, 9.17) is 9.47 Å². The molecule has 0 N–H and O–H groups in total. The third kappa shape index (κ3) is 6.11. The lowest BCUT2D eigenvalue weighted by Crippen LogP contribution is -2.20. The molecule has 6 nitrogen and oxygen atoms in total. The average molecular weight is 346 g/mol. The molecule has 0 atom stereocenters. The summed E-state index contributed by atoms with van der Waals surface area (Å²) in [6.45, 7) is 11.9. The van der Waals surface area contributed by atoms with Gasteiger partial charge in [0.1, 0.15) is 11.6 Å². The number of hydrogen-bond donors (Lipinski definition) is 0. The van der Waals surface area contributed by atoms with Crippen molar-refractivity contribution in [2.24, 2.45) is 5.92 Å². The maximum absolute atomic E-state index is 12.0. The lowest BCUT2D eigenvalue weighted by molar-refractivity contribution is -0.159. The van der Waals surface area contributed by atoms with Crippen LogP contribution in [0.2, 0.25) is 0 Å². The van der Waals surface area contributed by atoms with Crippen LogP contribution in [0.4, 0.5) is 0 Å². The Kier molecular flexibility index (Phi) is 7.43. The quantitative estimate of drug-likeness (QED) is 0.430. The highest BCUT2D eigenvalue weighted by Crippen LogP contribution is 2.20. The van der Waals surface area contributed by atoms with Gasteiger partial charge in [-0.05, 0) is 51.3 Å². The summed E-state index contributed by atoms with van der Waals surface area (Å²) in [5.74, 6) is -0.998. The maximum Gasteiger partial charge on any atom is 0.349 e. The Morgan fingerprint density at radius 2 is 1.92 bits per heavy atom. The van der Waals surface area contributed by atoms with Crippen molar-refractivity contribution in [1.82, 2.24) is 4.57 Å². The molecule has 0 spiro atoms. The Morgan fingerprint density at radius 1 is 1.28 bits per heavy atom. The Morgan fingerprint density at radius 3 is 2.44 bits per heavy atom. The second-order valence-electron chi connectivity index (χ2n) is 6.62. The fourth-order valence-electron chi connectivity index (χ4n) is 2.41. The van der Waals surface area contributed by atoms with Crippen LogP contribution in [0, 0.1) is 31.1 Å². The zero-order chi connectivity index (χ0) is 19.1. The lowest BCUT2D eigenvalue weighted by Gasteiger charge is -2.12. The van der Waals surface area contributed by atoms with Gasteiger partial charge in [-0.3, -0.25) is 0 Å². The van der Waals surface area contributed by atoms with E-state index in [9.17, 15) is 14.9 Å². The van der Waals surface area contributed by atoms with E-state index in [-0.39, 0.29) is 11.7 Å². The van der Waals surface area contributed by atoms with Crippen molar-refractivity contribution < 1.29 is 19.1 Å². The Labute approximate surface area is 149 Å². The number of rotatable bonds is 7. The van der Waals surface area contributed by atoms with E-state index in [1.54, 1.807) is 13.8 Å². The van der Waals surface area contributed by atoms with E-state index in [2.05, 4.69) is 18.4 Å². The minimum Gasteiger partial charge on any atom is -0.460 e. The molecule has 25 heavy (non-hydrogen) atoms. The largest absolute Gasteiger partial charge is 0.460 e. The molecule has 1 rings (SSSR count). The zero-order valence-corrected chi connectivity index (χ0v) is 15.8. The summed E-state index contributed by atoms with van der Waals surface area (Å²) in [6, 6.07) is 3.76. The molecule has 0 aliphatic heterocycles. The van der Waals surface area contributed by atoms with Crippen LogP contribution in [0.25, 0.3) is 6.08 Å². The van der Waals surface area contributed by atoms with Crippen LogP contribution >= 0.6 is 0 Å². The van der Waals surface area contributed by atoms with Crippen molar-refractivity contribution in [2.45, 2.75) is 54.2 Å². The molecule has 0 saturated carbocycles. The van der Waals surface area contributed by atoms with Crippen LogP contribution in [0.3, 0.4) is 0 Å². The van der Waals surface area contributed by atoms with Gasteiger partial charge < -0.3 is 14.0 Å². The maximum atomic E-state index is 12.0. The molecule has 0 fully saturated rings. The molecule has 1 aromatic heterocycles.